The zero-order valence-electron chi connectivity index (χ0n) is 36.9. The van der Waals surface area contributed by atoms with E-state index in [0.29, 0.717) is 24.5 Å². The zero-order chi connectivity index (χ0) is 42.3. The van der Waals surface area contributed by atoms with E-state index in [-0.39, 0.29) is 28.7 Å². The summed E-state index contributed by atoms with van der Waals surface area (Å²) >= 11 is 0. The van der Waals surface area contributed by atoms with Gasteiger partial charge >= 0.3 is 11.9 Å². The van der Waals surface area contributed by atoms with Crippen LogP contribution in [0.2, 0.25) is 0 Å². The van der Waals surface area contributed by atoms with E-state index in [1.54, 1.807) is 6.08 Å². The van der Waals surface area contributed by atoms with Crippen LogP contribution in [0.1, 0.15) is 102 Å². The first kappa shape index (κ1) is 43.4. The third-order valence-corrected chi connectivity index (χ3v) is 12.1. The predicted molar refractivity (Wildman–Crippen MR) is 241 cm³/mol. The van der Waals surface area contributed by atoms with Crippen molar-refractivity contribution in [3.8, 4) is 5.75 Å². The number of anilines is 1. The molecule has 3 aromatic rings. The average molecular weight is 795 g/mol. The molecule has 2 heterocycles. The lowest BCUT2D eigenvalue weighted by Gasteiger charge is -2.26. The highest BCUT2D eigenvalue weighted by molar-refractivity contribution is 6.03. The Morgan fingerprint density at radius 1 is 0.881 bits per heavy atom. The van der Waals surface area contributed by atoms with E-state index < -0.39 is 0 Å². The summed E-state index contributed by atoms with van der Waals surface area (Å²) in [4.78, 5) is 30.6. The van der Waals surface area contributed by atoms with Crippen molar-refractivity contribution < 1.29 is 23.6 Å². The van der Waals surface area contributed by atoms with Crippen LogP contribution in [-0.4, -0.2) is 60.9 Å². The Morgan fingerprint density at radius 3 is 2.32 bits per heavy atom. The number of rotatable bonds is 15. The van der Waals surface area contributed by atoms with E-state index in [9.17, 15) is 9.59 Å². The topological polar surface area (TPSA) is 62.1 Å². The Kier molecular flexibility index (Phi) is 13.8. The number of benzene rings is 3. The van der Waals surface area contributed by atoms with Gasteiger partial charge in [0.25, 0.3) is 0 Å². The predicted octanol–water partition coefficient (Wildman–Crippen LogP) is 11.0. The van der Waals surface area contributed by atoms with Gasteiger partial charge in [-0.15, -0.1) is 5.73 Å². The summed E-state index contributed by atoms with van der Waals surface area (Å²) in [5.74, 6) is 0.731. The number of para-hydroxylation sites is 3. The number of likely N-dealkylation sites (N-methyl/N-ethyl adjacent to an activating group) is 1. The number of hydrogen-bond donors (Lipinski definition) is 0. The number of carbonyl (C=O) groups is 2. The molecule has 0 amide bonds. The number of nitrogens with zero attached hydrogens (tertiary/aromatic N) is 3. The molecule has 0 fully saturated rings. The first-order valence-corrected chi connectivity index (χ1v) is 21.5. The second-order valence-electron chi connectivity index (χ2n) is 17.5. The molecule has 1 unspecified atom stereocenters. The smallest absolute Gasteiger partial charge is 0.335 e. The van der Waals surface area contributed by atoms with Crippen LogP contribution in [-0.2, 0) is 25.2 Å². The molecule has 0 radical (unpaired) electrons. The molecule has 310 valence electrons. The van der Waals surface area contributed by atoms with Crippen molar-refractivity contribution in [2.24, 2.45) is 5.92 Å². The molecule has 0 saturated carbocycles. The number of carbonyl (C=O) groups excluding carboxylic acids is 2. The second kappa shape index (κ2) is 18.8. The third-order valence-electron chi connectivity index (χ3n) is 12.1. The lowest BCUT2D eigenvalue weighted by atomic mass is 9.81. The summed E-state index contributed by atoms with van der Waals surface area (Å²) < 4.78 is 14.5. The van der Waals surface area contributed by atoms with Crippen molar-refractivity contribution in [3.63, 3.8) is 0 Å². The minimum atomic E-state index is -0.356. The molecule has 7 heteroatoms. The molecule has 3 aliphatic rings. The number of ether oxygens (including phenoxy) is 2. The molecular formula is C52H64N3O4+. The minimum absolute atomic E-state index is 0.118. The number of fused-ring (bicyclic) bond motifs is 2. The van der Waals surface area contributed by atoms with Gasteiger partial charge in [0, 0.05) is 60.3 Å². The van der Waals surface area contributed by atoms with Crippen LogP contribution < -0.4 is 9.64 Å². The summed E-state index contributed by atoms with van der Waals surface area (Å²) in [6, 6.07) is 23.2. The van der Waals surface area contributed by atoms with E-state index in [1.165, 1.54) is 28.2 Å². The average Bonchev–Trinajstić information content (AvgIpc) is 3.56. The number of aryl methyl sites for hydroxylation is 2. The summed E-state index contributed by atoms with van der Waals surface area (Å²) in [6.07, 6.45) is 15.6. The van der Waals surface area contributed by atoms with Gasteiger partial charge in [-0.25, -0.2) is 4.79 Å². The number of unbranched alkanes of at least 4 members (excludes halogenated alkanes) is 2. The van der Waals surface area contributed by atoms with Crippen LogP contribution in [0, 0.1) is 19.8 Å². The standard InChI is InChI=1S/C52H64N3O4/c1-10-54-43-27-15-13-25-41(43)51(4,5)45(54)33-31-39-23-19-24-40(50(39)59-48(57)30-20-35-53(8)9)32-34-46-52(6,7)42-26-14-16-28-44(42)55(46)36-17-11-12-29-47(56)58-49-37(2)21-18-22-38(49)3/h13-16,18,20-22,25-28,30-33,40H,10-12,17,19,23-24,29,35-36H2,1-9H3/q+1/b30-20+,33-31+. The van der Waals surface area contributed by atoms with Crippen LogP contribution in [0.25, 0.3) is 0 Å². The van der Waals surface area contributed by atoms with Gasteiger partial charge in [-0.2, -0.15) is 4.58 Å². The van der Waals surface area contributed by atoms with E-state index in [2.05, 4.69) is 117 Å². The molecular weight excluding hydrogens is 731 g/mol. The summed E-state index contributed by atoms with van der Waals surface area (Å²) in [6.45, 7) is 17.6. The molecule has 0 aromatic heterocycles. The summed E-state index contributed by atoms with van der Waals surface area (Å²) in [7, 11) is 3.96. The molecule has 0 bridgehead atoms. The van der Waals surface area contributed by atoms with Crippen molar-refractivity contribution in [1.82, 2.24) is 4.90 Å². The molecule has 6 rings (SSSR count). The van der Waals surface area contributed by atoms with Gasteiger partial charge in [-0.1, -0.05) is 67.1 Å². The molecule has 2 aliphatic heterocycles. The molecule has 0 N–H and O–H groups in total. The van der Waals surface area contributed by atoms with Crippen LogP contribution >= 0.6 is 0 Å². The highest BCUT2D eigenvalue weighted by atomic mass is 16.5. The van der Waals surface area contributed by atoms with E-state index in [4.69, 9.17) is 9.47 Å². The van der Waals surface area contributed by atoms with Gasteiger partial charge < -0.3 is 19.3 Å². The van der Waals surface area contributed by atoms with Gasteiger partial charge in [0.15, 0.2) is 5.71 Å². The Hall–Kier alpha value is -5.23. The van der Waals surface area contributed by atoms with Gasteiger partial charge in [-0.05, 0) is 135 Å². The Bertz CT molecular complexity index is 2220. The summed E-state index contributed by atoms with van der Waals surface area (Å²) in [5.41, 5.74) is 13.8. The molecule has 1 aliphatic carbocycles. The molecule has 0 spiro atoms. The van der Waals surface area contributed by atoms with Gasteiger partial charge in [0.1, 0.15) is 18.1 Å². The fourth-order valence-corrected chi connectivity index (χ4v) is 8.97. The van der Waals surface area contributed by atoms with Gasteiger partial charge in [-0.3, -0.25) is 4.79 Å². The second-order valence-corrected chi connectivity index (χ2v) is 17.5. The zero-order valence-corrected chi connectivity index (χ0v) is 36.9. The maximum atomic E-state index is 13.4. The maximum Gasteiger partial charge on any atom is 0.335 e. The van der Waals surface area contributed by atoms with Crippen molar-refractivity contribution in [2.75, 3.05) is 38.6 Å². The van der Waals surface area contributed by atoms with E-state index in [0.717, 1.165) is 74.0 Å². The van der Waals surface area contributed by atoms with Gasteiger partial charge in [0.05, 0.1) is 11.1 Å². The first-order valence-electron chi connectivity index (χ1n) is 21.5. The van der Waals surface area contributed by atoms with Crippen LogP contribution in [0.4, 0.5) is 11.4 Å². The Morgan fingerprint density at radius 2 is 1.59 bits per heavy atom. The van der Waals surface area contributed by atoms with Crippen LogP contribution in [0.15, 0.2) is 120 Å². The van der Waals surface area contributed by atoms with Crippen LogP contribution in [0.5, 0.6) is 5.75 Å². The van der Waals surface area contributed by atoms with Crippen LogP contribution in [0.3, 0.4) is 0 Å². The van der Waals surface area contributed by atoms with Crippen molar-refractivity contribution in [3.05, 3.63) is 142 Å². The molecule has 0 saturated heterocycles. The number of hydrogen-bond acceptors (Lipinski definition) is 6. The van der Waals surface area contributed by atoms with Crippen molar-refractivity contribution in [1.29, 1.82) is 0 Å². The molecule has 1 atom stereocenters. The summed E-state index contributed by atoms with van der Waals surface area (Å²) in [5, 5.41) is 0. The largest absolute Gasteiger partial charge is 0.427 e. The van der Waals surface area contributed by atoms with Gasteiger partial charge in [0.2, 0.25) is 5.69 Å². The highest BCUT2D eigenvalue weighted by Crippen LogP contribution is 2.48. The fraction of sp³-hybridized carbons (Fsp3) is 0.423. The van der Waals surface area contributed by atoms with Crippen molar-refractivity contribution >= 4 is 29.0 Å². The Labute approximate surface area is 353 Å². The quantitative estimate of drug-likeness (QED) is 0.0381. The molecule has 3 aromatic carbocycles. The highest BCUT2D eigenvalue weighted by Gasteiger charge is 2.44. The normalized spacial score (nSPS) is 18.2. The minimum Gasteiger partial charge on any atom is -0.427 e. The SMILES string of the molecule is CC[N+]1=C(/C=C/C2=C(OC(=O)/C=C/CN(C)C)C(C=C=C3N(CCCCCC(=O)Oc4c(C)cccc4C)c4ccccc4C3(C)C)CCC2)C(C)(C)c2ccccc21. The monoisotopic (exact) mass is 794 g/mol. The lowest BCUT2D eigenvalue weighted by molar-refractivity contribution is -0.433. The van der Waals surface area contributed by atoms with Crippen molar-refractivity contribution in [2.45, 2.75) is 104 Å². The fourth-order valence-electron chi connectivity index (χ4n) is 8.97. The number of allylic oxidation sites excluding steroid dienone is 4. The first-order chi connectivity index (χ1) is 28.2. The lowest BCUT2D eigenvalue weighted by Crippen LogP contribution is -2.27. The molecule has 59 heavy (non-hydrogen) atoms. The van der Waals surface area contributed by atoms with E-state index in [1.807, 2.05) is 57.1 Å². The Balaban J connectivity index is 1.27. The molecule has 7 nitrogen and oxygen atoms in total. The third kappa shape index (κ3) is 9.64. The maximum absolute atomic E-state index is 13.4. The van der Waals surface area contributed by atoms with E-state index >= 15 is 0 Å². The number of esters is 2.